The van der Waals surface area contributed by atoms with E-state index >= 15 is 0 Å². The number of aliphatic hydroxyl groups is 2. The molecule has 8 heteroatoms. The highest BCUT2D eigenvalue weighted by Crippen LogP contribution is 2.08. The molecule has 0 atom stereocenters. The lowest BCUT2D eigenvalue weighted by molar-refractivity contribution is -0.0332. The average Bonchev–Trinajstić information content (AvgIpc) is 2.16. The molecule has 0 amide bonds. The minimum Gasteiger partial charge on any atom is -0.395 e. The zero-order valence-corrected chi connectivity index (χ0v) is 7.90. The Labute approximate surface area is 85.0 Å². The lowest BCUT2D eigenvalue weighted by atomic mass is 10.4. The minimum absolute atomic E-state index is 0.0908. The van der Waals surface area contributed by atoms with Gasteiger partial charge in [0.2, 0.25) is 5.97 Å². The van der Waals surface area contributed by atoms with Gasteiger partial charge < -0.3 is 15.1 Å². The molecular formula is C7H12F2N4O2. The fraction of sp³-hybridized carbons (Fsp3) is 0.571. The number of aliphatic hydroxyl groups excluding tert-OH is 2. The molecular weight excluding hydrogens is 210 g/mol. The summed E-state index contributed by atoms with van der Waals surface area (Å²) in [7, 11) is 0. The molecule has 0 bridgehead atoms. The molecule has 15 heavy (non-hydrogen) atoms. The van der Waals surface area contributed by atoms with Gasteiger partial charge in [-0.2, -0.15) is 4.39 Å². The largest absolute Gasteiger partial charge is 0.395 e. The Kier molecular flexibility index (Phi) is 4.25. The van der Waals surface area contributed by atoms with Crippen molar-refractivity contribution in [2.45, 2.75) is 0 Å². The summed E-state index contributed by atoms with van der Waals surface area (Å²) in [6.07, 6.45) is 0.974. The number of nitrogens with zero attached hydrogens (tertiary/aromatic N) is 3. The van der Waals surface area contributed by atoms with Crippen LogP contribution in [0.4, 0.5) is 8.87 Å². The van der Waals surface area contributed by atoms with Gasteiger partial charge in [0.05, 0.1) is 13.2 Å². The van der Waals surface area contributed by atoms with Crippen LogP contribution in [-0.2, 0) is 0 Å². The van der Waals surface area contributed by atoms with Gasteiger partial charge in [-0.3, -0.25) is 0 Å². The maximum atomic E-state index is 12.7. The van der Waals surface area contributed by atoms with Gasteiger partial charge in [0.1, 0.15) is 5.82 Å². The van der Waals surface area contributed by atoms with Crippen molar-refractivity contribution in [3.05, 3.63) is 11.9 Å². The first kappa shape index (κ1) is 11.7. The summed E-state index contributed by atoms with van der Waals surface area (Å²) < 4.78 is 25.4. The Morgan fingerprint density at radius 2 is 2.00 bits per heavy atom. The number of hydrazine groups is 1. The zero-order valence-electron chi connectivity index (χ0n) is 7.90. The summed E-state index contributed by atoms with van der Waals surface area (Å²) in [4.78, 5) is 1.39. The summed E-state index contributed by atoms with van der Waals surface area (Å²) in [6, 6.07) is 0. The van der Waals surface area contributed by atoms with Gasteiger partial charge in [0.15, 0.2) is 0 Å². The highest BCUT2D eigenvalue weighted by Gasteiger charge is 2.17. The Bertz CT molecular complexity index is 266. The molecule has 0 fully saturated rings. The second-order valence-electron chi connectivity index (χ2n) is 2.76. The minimum atomic E-state index is -0.993. The van der Waals surface area contributed by atoms with Crippen molar-refractivity contribution in [2.75, 3.05) is 26.3 Å². The van der Waals surface area contributed by atoms with Crippen LogP contribution in [0.5, 0.6) is 0 Å². The van der Waals surface area contributed by atoms with Crippen LogP contribution < -0.4 is 5.43 Å². The van der Waals surface area contributed by atoms with Crippen molar-refractivity contribution in [1.29, 1.82) is 0 Å². The van der Waals surface area contributed by atoms with E-state index in [1.165, 1.54) is 4.90 Å². The van der Waals surface area contributed by atoms with Gasteiger partial charge in [-0.1, -0.05) is 9.58 Å². The molecule has 1 rings (SSSR count). The van der Waals surface area contributed by atoms with E-state index in [4.69, 9.17) is 10.2 Å². The molecule has 0 aromatic rings. The second kappa shape index (κ2) is 5.47. The van der Waals surface area contributed by atoms with Crippen molar-refractivity contribution in [3.63, 3.8) is 0 Å². The van der Waals surface area contributed by atoms with E-state index in [1.807, 2.05) is 0 Å². The first-order chi connectivity index (χ1) is 7.17. The molecule has 0 saturated carbocycles. The molecule has 6 nitrogen and oxygen atoms in total. The molecule has 0 unspecified atom stereocenters. The third kappa shape index (κ3) is 3.33. The van der Waals surface area contributed by atoms with Crippen LogP contribution in [0.1, 0.15) is 0 Å². The fourth-order valence-electron chi connectivity index (χ4n) is 1.13. The van der Waals surface area contributed by atoms with Crippen molar-refractivity contribution in [1.82, 2.24) is 15.7 Å². The monoisotopic (exact) mass is 222 g/mol. The molecule has 0 aliphatic carbocycles. The lowest BCUT2D eigenvalue weighted by Crippen LogP contribution is -2.42. The van der Waals surface area contributed by atoms with E-state index in [9.17, 15) is 8.87 Å². The highest BCUT2D eigenvalue weighted by atomic mass is 19.2. The molecule has 0 aromatic heterocycles. The molecule has 0 spiro atoms. The lowest BCUT2D eigenvalue weighted by Gasteiger charge is -2.28. The van der Waals surface area contributed by atoms with Gasteiger partial charge in [-0.05, 0) is 5.34 Å². The summed E-state index contributed by atoms with van der Waals surface area (Å²) in [5.74, 6) is -0.903. The third-order valence-electron chi connectivity index (χ3n) is 1.73. The topological polar surface area (TPSA) is 71.3 Å². The van der Waals surface area contributed by atoms with Crippen LogP contribution in [-0.4, -0.2) is 52.7 Å². The number of rotatable bonds is 5. The molecule has 1 aliphatic heterocycles. The van der Waals surface area contributed by atoms with E-state index < -0.39 is 5.97 Å². The normalized spacial score (nSPS) is 15.6. The van der Waals surface area contributed by atoms with Crippen molar-refractivity contribution in [2.24, 2.45) is 5.10 Å². The molecule has 0 aromatic carbocycles. The number of hydrogen-bond donors (Lipinski definition) is 3. The van der Waals surface area contributed by atoms with Crippen LogP contribution in [0.3, 0.4) is 0 Å². The predicted octanol–water partition coefficient (Wildman–Crippen LogP) is -0.898. The van der Waals surface area contributed by atoms with E-state index in [0.717, 1.165) is 6.08 Å². The van der Waals surface area contributed by atoms with Crippen LogP contribution in [0.2, 0.25) is 0 Å². The summed E-state index contributed by atoms with van der Waals surface area (Å²) in [5, 5.41) is 20.0. The Morgan fingerprint density at radius 3 is 2.47 bits per heavy atom. The van der Waals surface area contributed by atoms with Gasteiger partial charge in [0, 0.05) is 19.2 Å². The number of nitrogens with one attached hydrogen (secondary N) is 1. The number of halogens is 2. The van der Waals surface area contributed by atoms with E-state index in [0.29, 0.717) is 0 Å². The first-order valence-electron chi connectivity index (χ1n) is 4.32. The Morgan fingerprint density at radius 1 is 1.40 bits per heavy atom. The number of hydrogen-bond acceptors (Lipinski definition) is 6. The SMILES string of the molecule is OCCN(CCO)C1=CC(F)=NN(F)N1. The van der Waals surface area contributed by atoms with Gasteiger partial charge in [-0.25, -0.2) is 5.43 Å². The van der Waals surface area contributed by atoms with E-state index in [-0.39, 0.29) is 37.5 Å². The molecule has 1 heterocycles. The van der Waals surface area contributed by atoms with Gasteiger partial charge in [0.25, 0.3) is 0 Å². The predicted molar refractivity (Wildman–Crippen MR) is 48.5 cm³/mol. The second-order valence-corrected chi connectivity index (χ2v) is 2.76. The third-order valence-corrected chi connectivity index (χ3v) is 1.73. The van der Waals surface area contributed by atoms with Crippen molar-refractivity contribution in [3.8, 4) is 0 Å². The molecule has 0 radical (unpaired) electrons. The maximum absolute atomic E-state index is 12.7. The Hall–Kier alpha value is -1.41. The standard InChI is InChI=1S/C7H12F2N4O2/c8-6-5-7(11-13(9)10-6)12(1-3-14)2-4-15/h5,11,14-15H,1-4H2. The summed E-state index contributed by atoms with van der Waals surface area (Å²) in [5.41, 5.74) is 2.12. The van der Waals surface area contributed by atoms with Crippen molar-refractivity contribution >= 4 is 5.97 Å². The summed E-state index contributed by atoms with van der Waals surface area (Å²) >= 11 is 0. The van der Waals surface area contributed by atoms with Gasteiger partial charge >= 0.3 is 0 Å². The molecule has 0 saturated heterocycles. The molecule has 86 valence electrons. The maximum Gasteiger partial charge on any atom is 0.239 e. The zero-order chi connectivity index (χ0) is 11.3. The quantitative estimate of drug-likeness (QED) is 0.526. The Balaban J connectivity index is 2.70. The average molecular weight is 222 g/mol. The van der Waals surface area contributed by atoms with Crippen LogP contribution in [0.25, 0.3) is 0 Å². The molecule has 1 aliphatic rings. The summed E-state index contributed by atoms with van der Waals surface area (Å²) in [6.45, 7) is -0.0742. The van der Waals surface area contributed by atoms with Crippen LogP contribution in [0.15, 0.2) is 17.0 Å². The van der Waals surface area contributed by atoms with Crippen molar-refractivity contribution < 1.29 is 19.1 Å². The van der Waals surface area contributed by atoms with E-state index in [2.05, 4.69) is 10.5 Å². The number of hydrazone groups is 1. The van der Waals surface area contributed by atoms with Crippen LogP contribution in [0, 0.1) is 0 Å². The number of allylic oxidation sites excluding steroid dienone is 1. The first-order valence-corrected chi connectivity index (χ1v) is 4.32. The molecule has 3 N–H and O–H groups in total. The van der Waals surface area contributed by atoms with Gasteiger partial charge in [-0.15, -0.1) is 0 Å². The fourth-order valence-corrected chi connectivity index (χ4v) is 1.13. The highest BCUT2D eigenvalue weighted by molar-refractivity contribution is 5.87. The van der Waals surface area contributed by atoms with E-state index in [1.54, 1.807) is 0 Å². The smallest absolute Gasteiger partial charge is 0.239 e. The van der Waals surface area contributed by atoms with Crippen LogP contribution >= 0.6 is 0 Å².